The minimum absolute atomic E-state index is 0.0550. The van der Waals surface area contributed by atoms with Gasteiger partial charge in [0.2, 0.25) is 0 Å². The molecule has 0 aromatic heterocycles. The normalized spacial score (nSPS) is 12.2. The summed E-state index contributed by atoms with van der Waals surface area (Å²) in [4.78, 5) is -0.876. The Bertz CT molecular complexity index is 638. The number of hydrogen-bond donors (Lipinski definition) is 1. The summed E-state index contributed by atoms with van der Waals surface area (Å²) in [6, 6.07) is 3.19. The van der Waals surface area contributed by atoms with Crippen molar-refractivity contribution in [3.05, 3.63) is 23.3 Å². The van der Waals surface area contributed by atoms with Crippen molar-refractivity contribution in [1.82, 2.24) is 0 Å². The van der Waals surface area contributed by atoms with Gasteiger partial charge in [0.15, 0.2) is 0 Å². The van der Waals surface area contributed by atoms with Crippen molar-refractivity contribution in [2.75, 3.05) is 0 Å². The first-order valence-corrected chi connectivity index (χ1v) is 7.68. The largest absolute Gasteiger partial charge is 0.446 e. The van der Waals surface area contributed by atoms with Gasteiger partial charge < -0.3 is 5.73 Å². The summed E-state index contributed by atoms with van der Waals surface area (Å²) >= 11 is -0.468. The highest BCUT2D eigenvalue weighted by Gasteiger charge is 2.31. The molecule has 0 spiro atoms. The van der Waals surface area contributed by atoms with Gasteiger partial charge in [-0.25, -0.2) is 8.42 Å². The molecular weight excluding hydrogens is 325 g/mol. The van der Waals surface area contributed by atoms with Crippen molar-refractivity contribution in [2.24, 2.45) is 5.73 Å². The van der Waals surface area contributed by atoms with Gasteiger partial charge in [-0.2, -0.15) is 18.4 Å². The molecule has 4 nitrogen and oxygen atoms in total. The summed E-state index contributed by atoms with van der Waals surface area (Å²) in [6.07, 6.45) is 0. The van der Waals surface area contributed by atoms with Crippen LogP contribution in [0.25, 0.3) is 0 Å². The number of halogens is 4. The molecule has 0 heterocycles. The van der Waals surface area contributed by atoms with Crippen LogP contribution in [0.2, 0.25) is 0 Å². The zero-order chi connectivity index (χ0) is 14.8. The lowest BCUT2D eigenvalue weighted by Crippen LogP contribution is -2.07. The Morgan fingerprint density at radius 2 is 2.00 bits per heavy atom. The molecule has 19 heavy (non-hydrogen) atoms. The SMILES string of the molecule is N#Cc1cc(SC(F)(F)F)c(CN)cc1S(=O)(=O)Cl. The fourth-order valence-corrected chi connectivity index (χ4v) is 3.00. The minimum Gasteiger partial charge on any atom is -0.326 e. The molecule has 0 fully saturated rings. The summed E-state index contributed by atoms with van der Waals surface area (Å²) in [5.74, 6) is 0. The van der Waals surface area contributed by atoms with Gasteiger partial charge in [-0.15, -0.1) is 0 Å². The van der Waals surface area contributed by atoms with Crippen LogP contribution in [-0.4, -0.2) is 13.9 Å². The molecule has 10 heteroatoms. The van der Waals surface area contributed by atoms with Crippen LogP contribution in [0.3, 0.4) is 0 Å². The predicted molar refractivity (Wildman–Crippen MR) is 64.0 cm³/mol. The Hall–Kier alpha value is -0.950. The highest BCUT2D eigenvalue weighted by atomic mass is 35.7. The fourth-order valence-electron chi connectivity index (χ4n) is 1.27. The lowest BCUT2D eigenvalue weighted by Gasteiger charge is -2.12. The van der Waals surface area contributed by atoms with Crippen molar-refractivity contribution in [3.63, 3.8) is 0 Å². The second-order valence-electron chi connectivity index (χ2n) is 3.26. The first-order chi connectivity index (χ1) is 8.58. The molecule has 0 unspecified atom stereocenters. The quantitative estimate of drug-likeness (QED) is 0.680. The van der Waals surface area contributed by atoms with E-state index in [0.29, 0.717) is 0 Å². The van der Waals surface area contributed by atoms with Crippen LogP contribution in [0.15, 0.2) is 21.9 Å². The second kappa shape index (κ2) is 5.58. The maximum Gasteiger partial charge on any atom is 0.446 e. The van der Waals surface area contributed by atoms with Crippen molar-refractivity contribution < 1.29 is 21.6 Å². The molecule has 0 amide bonds. The summed E-state index contributed by atoms with van der Waals surface area (Å²) < 4.78 is 59.4. The molecule has 0 saturated carbocycles. The van der Waals surface area contributed by atoms with Gasteiger partial charge in [-0.05, 0) is 29.5 Å². The first kappa shape index (κ1) is 16.1. The van der Waals surface area contributed by atoms with E-state index in [0.717, 1.165) is 12.1 Å². The van der Waals surface area contributed by atoms with Crippen LogP contribution >= 0.6 is 22.4 Å². The van der Waals surface area contributed by atoms with Crippen molar-refractivity contribution in [3.8, 4) is 6.07 Å². The van der Waals surface area contributed by atoms with Crippen molar-refractivity contribution in [2.45, 2.75) is 21.8 Å². The third-order valence-corrected chi connectivity index (χ3v) is 4.18. The molecule has 1 aromatic carbocycles. The maximum absolute atomic E-state index is 12.3. The van der Waals surface area contributed by atoms with E-state index in [1.54, 1.807) is 0 Å². The molecule has 0 aliphatic heterocycles. The Morgan fingerprint density at radius 1 is 1.42 bits per heavy atom. The molecule has 0 atom stereocenters. The number of benzene rings is 1. The Labute approximate surface area is 115 Å². The van der Waals surface area contributed by atoms with E-state index in [1.165, 1.54) is 6.07 Å². The van der Waals surface area contributed by atoms with Gasteiger partial charge in [-0.3, -0.25) is 0 Å². The maximum atomic E-state index is 12.3. The number of alkyl halides is 3. The van der Waals surface area contributed by atoms with E-state index in [9.17, 15) is 21.6 Å². The summed E-state index contributed by atoms with van der Waals surface area (Å²) in [7, 11) is 0.873. The molecule has 0 bridgehead atoms. The van der Waals surface area contributed by atoms with Crippen molar-refractivity contribution in [1.29, 1.82) is 5.26 Å². The lowest BCUT2D eigenvalue weighted by atomic mass is 10.1. The molecule has 0 radical (unpaired) electrons. The molecule has 0 aliphatic rings. The highest BCUT2D eigenvalue weighted by Crippen LogP contribution is 2.40. The van der Waals surface area contributed by atoms with Crippen molar-refractivity contribution >= 4 is 31.5 Å². The standard InChI is InChI=1S/C9H6ClF3N2O2S2/c10-19(16,17)8-2-5(3-14)7(1-6(8)4-15)18-9(11,12)13/h1-2H,3,14H2. The monoisotopic (exact) mass is 330 g/mol. The van der Waals surface area contributed by atoms with Crippen LogP contribution < -0.4 is 5.73 Å². The smallest absolute Gasteiger partial charge is 0.326 e. The number of nitrogens with two attached hydrogens (primary N) is 1. The van der Waals surface area contributed by atoms with E-state index in [2.05, 4.69) is 0 Å². The number of nitrogens with zero attached hydrogens (tertiary/aromatic N) is 1. The second-order valence-corrected chi connectivity index (χ2v) is 6.90. The van der Waals surface area contributed by atoms with E-state index in [-0.39, 0.29) is 17.0 Å². The zero-order valence-electron chi connectivity index (χ0n) is 9.03. The molecular formula is C9H6ClF3N2O2S2. The molecule has 0 aliphatic carbocycles. The fraction of sp³-hybridized carbons (Fsp3) is 0.222. The molecule has 0 saturated heterocycles. The van der Waals surface area contributed by atoms with Crippen LogP contribution in [0.4, 0.5) is 13.2 Å². The van der Waals surface area contributed by atoms with Gasteiger partial charge >= 0.3 is 5.51 Å². The lowest BCUT2D eigenvalue weighted by molar-refractivity contribution is -0.0328. The van der Waals surface area contributed by atoms with Crippen LogP contribution in [0, 0.1) is 11.3 Å². The van der Waals surface area contributed by atoms with Gasteiger partial charge in [0.1, 0.15) is 11.0 Å². The van der Waals surface area contributed by atoms with E-state index in [1.807, 2.05) is 0 Å². The Morgan fingerprint density at radius 3 is 2.37 bits per heavy atom. The van der Waals surface area contributed by atoms with Gasteiger partial charge in [0, 0.05) is 22.1 Å². The number of thioether (sulfide) groups is 1. The minimum atomic E-state index is -4.57. The zero-order valence-corrected chi connectivity index (χ0v) is 11.4. The van der Waals surface area contributed by atoms with Gasteiger partial charge in [-0.1, -0.05) is 0 Å². The number of rotatable bonds is 3. The average molecular weight is 331 g/mol. The average Bonchev–Trinajstić information content (AvgIpc) is 2.24. The van der Waals surface area contributed by atoms with Gasteiger partial charge in [0.05, 0.1) is 5.56 Å². The topological polar surface area (TPSA) is 83.9 Å². The Kier molecular flexibility index (Phi) is 4.73. The highest BCUT2D eigenvalue weighted by molar-refractivity contribution is 8.13. The summed E-state index contributed by atoms with van der Waals surface area (Å²) in [5.41, 5.74) is 0.186. The third kappa shape index (κ3) is 4.28. The third-order valence-electron chi connectivity index (χ3n) is 1.99. The predicted octanol–water partition coefficient (Wildman–Crippen LogP) is 2.56. The van der Waals surface area contributed by atoms with Crippen LogP contribution in [0.5, 0.6) is 0 Å². The Balaban J connectivity index is 3.50. The number of nitriles is 1. The number of hydrogen-bond acceptors (Lipinski definition) is 5. The van der Waals surface area contributed by atoms with Crippen LogP contribution in [-0.2, 0) is 15.6 Å². The van der Waals surface area contributed by atoms with E-state index in [4.69, 9.17) is 21.7 Å². The molecule has 2 N–H and O–H groups in total. The van der Waals surface area contributed by atoms with E-state index >= 15 is 0 Å². The van der Waals surface area contributed by atoms with Gasteiger partial charge in [0.25, 0.3) is 9.05 Å². The first-order valence-electron chi connectivity index (χ1n) is 4.56. The molecule has 1 rings (SSSR count). The summed E-state index contributed by atoms with van der Waals surface area (Å²) in [5, 5.41) is 8.77. The summed E-state index contributed by atoms with van der Waals surface area (Å²) in [6.45, 7) is -0.316. The van der Waals surface area contributed by atoms with Crippen LogP contribution in [0.1, 0.15) is 11.1 Å². The van der Waals surface area contributed by atoms with E-state index < -0.39 is 36.8 Å². The molecule has 104 valence electrons. The molecule has 1 aromatic rings.